The average Bonchev–Trinajstić information content (AvgIpc) is 2.87. The molecule has 6 nitrogen and oxygen atoms in total. The fraction of sp³-hybridized carbons (Fsp3) is 0.308. The molecule has 0 bridgehead atoms. The standard InChI is InChI=1S/C26H23F4N5O/c1-16-14-33-23(27)13-22(16)34-10-6-17(7-11-34)19-12-21-24(32-9-8-31-21)35(25(19)36)15-18-4-2-3-5-20(18)26(28,29)30/h2-5,8-9,12-14,17H,6-7,10-11,15H2,1H3. The van der Waals surface area contributed by atoms with Crippen molar-refractivity contribution in [2.24, 2.45) is 0 Å². The first-order valence-electron chi connectivity index (χ1n) is 11.6. The smallest absolute Gasteiger partial charge is 0.371 e. The molecule has 0 amide bonds. The molecular formula is C26H23F4N5O. The zero-order chi connectivity index (χ0) is 25.4. The number of fused-ring (bicyclic) bond motifs is 1. The van der Waals surface area contributed by atoms with Gasteiger partial charge in [0.2, 0.25) is 5.95 Å². The predicted octanol–water partition coefficient (Wildman–Crippen LogP) is 5.09. The minimum Gasteiger partial charge on any atom is -0.371 e. The summed E-state index contributed by atoms with van der Waals surface area (Å²) in [4.78, 5) is 28.0. The number of aromatic nitrogens is 4. The molecule has 36 heavy (non-hydrogen) atoms. The van der Waals surface area contributed by atoms with Crippen LogP contribution in [0.1, 0.15) is 41.0 Å². The average molecular weight is 497 g/mol. The number of nitrogens with zero attached hydrogens (tertiary/aromatic N) is 5. The third-order valence-electron chi connectivity index (χ3n) is 6.71. The molecule has 1 saturated heterocycles. The maximum absolute atomic E-state index is 13.7. The van der Waals surface area contributed by atoms with Crippen LogP contribution in [-0.4, -0.2) is 32.6 Å². The lowest BCUT2D eigenvalue weighted by atomic mass is 9.89. The van der Waals surface area contributed by atoms with Crippen molar-refractivity contribution < 1.29 is 17.6 Å². The van der Waals surface area contributed by atoms with E-state index in [0.29, 0.717) is 37.0 Å². The molecule has 10 heteroatoms. The lowest BCUT2D eigenvalue weighted by Crippen LogP contribution is -2.36. The van der Waals surface area contributed by atoms with Crippen LogP contribution >= 0.6 is 0 Å². The largest absolute Gasteiger partial charge is 0.416 e. The highest BCUT2D eigenvalue weighted by atomic mass is 19.4. The van der Waals surface area contributed by atoms with Crippen molar-refractivity contribution in [3.05, 3.63) is 93.5 Å². The van der Waals surface area contributed by atoms with Crippen LogP contribution < -0.4 is 10.5 Å². The highest BCUT2D eigenvalue weighted by molar-refractivity contribution is 5.71. The minimum absolute atomic E-state index is 0.0128. The number of hydrogen-bond donors (Lipinski definition) is 0. The van der Waals surface area contributed by atoms with E-state index in [0.717, 1.165) is 17.3 Å². The molecule has 5 rings (SSSR count). The second kappa shape index (κ2) is 9.33. The quantitative estimate of drug-likeness (QED) is 0.291. The highest BCUT2D eigenvalue weighted by Gasteiger charge is 2.33. The lowest BCUT2D eigenvalue weighted by molar-refractivity contribution is -0.138. The van der Waals surface area contributed by atoms with Crippen LogP contribution in [0.15, 0.2) is 59.8 Å². The van der Waals surface area contributed by atoms with Gasteiger partial charge in [0, 0.05) is 49.0 Å². The highest BCUT2D eigenvalue weighted by Crippen LogP contribution is 2.33. The zero-order valence-electron chi connectivity index (χ0n) is 19.5. The molecule has 0 spiro atoms. The Morgan fingerprint density at radius 2 is 1.75 bits per heavy atom. The lowest BCUT2D eigenvalue weighted by Gasteiger charge is -2.34. The summed E-state index contributed by atoms with van der Waals surface area (Å²) < 4.78 is 55.8. The number of hydrogen-bond acceptors (Lipinski definition) is 5. The fourth-order valence-corrected chi connectivity index (χ4v) is 4.92. The van der Waals surface area contributed by atoms with E-state index in [1.54, 1.807) is 6.07 Å². The Morgan fingerprint density at radius 3 is 2.50 bits per heavy atom. The van der Waals surface area contributed by atoms with Crippen molar-refractivity contribution in [3.8, 4) is 0 Å². The van der Waals surface area contributed by atoms with E-state index in [-0.39, 0.29) is 29.2 Å². The van der Waals surface area contributed by atoms with Crippen LogP contribution in [-0.2, 0) is 12.7 Å². The van der Waals surface area contributed by atoms with Crippen LogP contribution in [0.25, 0.3) is 11.2 Å². The SMILES string of the molecule is Cc1cnc(F)cc1N1CCC(c2cc3nccnc3n(Cc3ccccc3C(F)(F)F)c2=O)CC1. The van der Waals surface area contributed by atoms with Crippen LogP contribution in [0, 0.1) is 12.9 Å². The number of rotatable bonds is 4. The van der Waals surface area contributed by atoms with Gasteiger partial charge in [-0.25, -0.2) is 9.97 Å². The second-order valence-corrected chi connectivity index (χ2v) is 8.97. The predicted molar refractivity (Wildman–Crippen MR) is 127 cm³/mol. The Bertz CT molecular complexity index is 1480. The Morgan fingerprint density at radius 1 is 1.03 bits per heavy atom. The van der Waals surface area contributed by atoms with Crippen LogP contribution in [0.3, 0.4) is 0 Å². The van der Waals surface area contributed by atoms with E-state index in [1.165, 1.54) is 47.4 Å². The number of benzene rings is 1. The topological polar surface area (TPSA) is 63.9 Å². The molecule has 0 atom stereocenters. The second-order valence-electron chi connectivity index (χ2n) is 8.97. The van der Waals surface area contributed by atoms with Crippen LogP contribution in [0.2, 0.25) is 0 Å². The van der Waals surface area contributed by atoms with Crippen molar-refractivity contribution >= 4 is 16.9 Å². The van der Waals surface area contributed by atoms with Crippen LogP contribution in [0.4, 0.5) is 23.2 Å². The fourth-order valence-electron chi connectivity index (χ4n) is 4.92. The number of alkyl halides is 3. The maximum Gasteiger partial charge on any atom is 0.416 e. The Hall–Kier alpha value is -3.82. The molecule has 1 aliphatic heterocycles. The minimum atomic E-state index is -4.54. The first-order chi connectivity index (χ1) is 17.2. The molecule has 1 aromatic carbocycles. The zero-order valence-corrected chi connectivity index (χ0v) is 19.5. The Kier molecular flexibility index (Phi) is 6.19. The first kappa shape index (κ1) is 23.9. The number of pyridine rings is 2. The Balaban J connectivity index is 1.50. The molecule has 0 saturated carbocycles. The molecule has 3 aromatic heterocycles. The van der Waals surface area contributed by atoms with E-state index in [4.69, 9.17) is 0 Å². The first-order valence-corrected chi connectivity index (χ1v) is 11.6. The Labute approximate surface area is 204 Å². The number of piperidine rings is 1. The molecular weight excluding hydrogens is 474 g/mol. The molecule has 0 radical (unpaired) electrons. The van der Waals surface area contributed by atoms with Gasteiger partial charge < -0.3 is 4.90 Å². The van der Waals surface area contributed by atoms with E-state index in [1.807, 2.05) is 6.92 Å². The van der Waals surface area contributed by atoms with E-state index in [9.17, 15) is 22.4 Å². The molecule has 0 N–H and O–H groups in total. The summed E-state index contributed by atoms with van der Waals surface area (Å²) in [7, 11) is 0. The molecule has 186 valence electrons. The molecule has 1 fully saturated rings. The molecule has 0 aliphatic carbocycles. The summed E-state index contributed by atoms with van der Waals surface area (Å²) in [5.74, 6) is -0.663. The number of aryl methyl sites for hydroxylation is 1. The van der Waals surface area contributed by atoms with Gasteiger partial charge in [0.15, 0.2) is 5.65 Å². The summed E-state index contributed by atoms with van der Waals surface area (Å²) in [5, 5.41) is 0. The third kappa shape index (κ3) is 4.55. The normalized spacial score (nSPS) is 15.0. The number of halogens is 4. The van der Waals surface area contributed by atoms with Gasteiger partial charge in [0.05, 0.1) is 12.1 Å². The van der Waals surface area contributed by atoms with Gasteiger partial charge >= 0.3 is 6.18 Å². The molecule has 0 unspecified atom stereocenters. The van der Waals surface area contributed by atoms with Crippen LogP contribution in [0.5, 0.6) is 0 Å². The monoisotopic (exact) mass is 497 g/mol. The van der Waals surface area contributed by atoms with Crippen molar-refractivity contribution in [3.63, 3.8) is 0 Å². The number of anilines is 1. The van der Waals surface area contributed by atoms with Crippen molar-refractivity contribution in [2.75, 3.05) is 18.0 Å². The summed E-state index contributed by atoms with van der Waals surface area (Å²) >= 11 is 0. The van der Waals surface area contributed by atoms with Gasteiger partial charge in [-0.15, -0.1) is 0 Å². The van der Waals surface area contributed by atoms with Gasteiger partial charge in [-0.1, -0.05) is 18.2 Å². The van der Waals surface area contributed by atoms with Crippen molar-refractivity contribution in [1.82, 2.24) is 19.5 Å². The third-order valence-corrected chi connectivity index (χ3v) is 6.71. The van der Waals surface area contributed by atoms with E-state index in [2.05, 4.69) is 19.9 Å². The summed E-state index contributed by atoms with van der Waals surface area (Å²) in [5.41, 5.74) is 1.66. The molecule has 4 aromatic rings. The van der Waals surface area contributed by atoms with Crippen molar-refractivity contribution in [2.45, 2.75) is 38.4 Å². The molecule has 1 aliphatic rings. The van der Waals surface area contributed by atoms with Gasteiger partial charge in [-0.3, -0.25) is 14.3 Å². The van der Waals surface area contributed by atoms with Gasteiger partial charge in [-0.05, 0) is 48.9 Å². The van der Waals surface area contributed by atoms with E-state index >= 15 is 0 Å². The maximum atomic E-state index is 13.7. The summed E-state index contributed by atoms with van der Waals surface area (Å²) in [6, 6.07) is 8.35. The van der Waals surface area contributed by atoms with Gasteiger partial charge in [-0.2, -0.15) is 17.6 Å². The summed E-state index contributed by atoms with van der Waals surface area (Å²) in [6.45, 7) is 2.80. The summed E-state index contributed by atoms with van der Waals surface area (Å²) in [6.07, 6.45) is 1.12. The molecule has 4 heterocycles. The van der Waals surface area contributed by atoms with Crippen molar-refractivity contribution in [1.29, 1.82) is 0 Å². The van der Waals surface area contributed by atoms with E-state index < -0.39 is 17.7 Å². The van der Waals surface area contributed by atoms with Gasteiger partial charge in [0.1, 0.15) is 5.52 Å². The van der Waals surface area contributed by atoms with Gasteiger partial charge in [0.25, 0.3) is 5.56 Å².